The van der Waals surface area contributed by atoms with Crippen molar-refractivity contribution in [1.29, 1.82) is 0 Å². The van der Waals surface area contributed by atoms with Gasteiger partial charge in [-0.05, 0) is 25.3 Å². The standard InChI is InChI=1S/C14H20N4O/c1-9(2)7-10(3)18(4)14(19)12-8-11-13(17-12)16-6-5-15-11/h5-6,8-10H,7H2,1-4H3,(H,16,17). The van der Waals surface area contributed by atoms with Crippen LogP contribution < -0.4 is 0 Å². The average Bonchev–Trinajstić information content (AvgIpc) is 2.79. The number of carbonyl (C=O) groups is 1. The van der Waals surface area contributed by atoms with Gasteiger partial charge in [-0.15, -0.1) is 0 Å². The van der Waals surface area contributed by atoms with Crippen LogP contribution in [0.1, 0.15) is 37.7 Å². The molecular formula is C14H20N4O. The fourth-order valence-corrected chi connectivity index (χ4v) is 2.20. The number of aromatic amines is 1. The Bertz CT molecular complexity index is 543. The van der Waals surface area contributed by atoms with Crippen LogP contribution in [0.5, 0.6) is 0 Å². The minimum absolute atomic E-state index is 0.0204. The van der Waals surface area contributed by atoms with Crippen LogP contribution in [0.25, 0.3) is 11.2 Å². The first kappa shape index (κ1) is 13.5. The molecule has 5 nitrogen and oxygen atoms in total. The smallest absolute Gasteiger partial charge is 0.270 e. The van der Waals surface area contributed by atoms with Gasteiger partial charge in [-0.2, -0.15) is 0 Å². The van der Waals surface area contributed by atoms with Gasteiger partial charge >= 0.3 is 0 Å². The number of rotatable bonds is 4. The molecule has 1 atom stereocenters. The molecule has 0 spiro atoms. The zero-order valence-electron chi connectivity index (χ0n) is 11.8. The number of hydrogen-bond donors (Lipinski definition) is 1. The maximum Gasteiger partial charge on any atom is 0.270 e. The van der Waals surface area contributed by atoms with Crippen molar-refractivity contribution in [2.75, 3.05) is 7.05 Å². The fourth-order valence-electron chi connectivity index (χ4n) is 2.20. The van der Waals surface area contributed by atoms with Crippen LogP contribution in [0.15, 0.2) is 18.5 Å². The highest BCUT2D eigenvalue weighted by Crippen LogP contribution is 2.15. The monoisotopic (exact) mass is 260 g/mol. The molecule has 19 heavy (non-hydrogen) atoms. The average molecular weight is 260 g/mol. The third kappa shape index (κ3) is 2.92. The molecule has 0 aliphatic rings. The maximum absolute atomic E-state index is 12.4. The summed E-state index contributed by atoms with van der Waals surface area (Å²) >= 11 is 0. The molecule has 0 aliphatic carbocycles. The molecule has 2 aromatic rings. The topological polar surface area (TPSA) is 61.9 Å². The quantitative estimate of drug-likeness (QED) is 0.918. The van der Waals surface area contributed by atoms with Crippen molar-refractivity contribution in [2.24, 2.45) is 5.92 Å². The molecule has 0 aromatic carbocycles. The third-order valence-corrected chi connectivity index (χ3v) is 3.29. The molecule has 1 unspecified atom stereocenters. The lowest BCUT2D eigenvalue weighted by molar-refractivity contribution is 0.0723. The van der Waals surface area contributed by atoms with Crippen LogP contribution in [0.3, 0.4) is 0 Å². The van der Waals surface area contributed by atoms with Gasteiger partial charge in [-0.1, -0.05) is 13.8 Å². The van der Waals surface area contributed by atoms with Gasteiger partial charge < -0.3 is 9.88 Å². The highest BCUT2D eigenvalue weighted by Gasteiger charge is 2.20. The van der Waals surface area contributed by atoms with E-state index in [4.69, 9.17) is 0 Å². The van der Waals surface area contributed by atoms with Crippen molar-refractivity contribution in [3.05, 3.63) is 24.2 Å². The molecule has 0 bridgehead atoms. The zero-order valence-corrected chi connectivity index (χ0v) is 11.8. The third-order valence-electron chi connectivity index (χ3n) is 3.29. The predicted octanol–water partition coefficient (Wildman–Crippen LogP) is 2.46. The second-order valence-electron chi connectivity index (χ2n) is 5.37. The van der Waals surface area contributed by atoms with Crippen molar-refractivity contribution >= 4 is 17.1 Å². The van der Waals surface area contributed by atoms with Crippen molar-refractivity contribution < 1.29 is 4.79 Å². The van der Waals surface area contributed by atoms with E-state index in [1.54, 1.807) is 23.4 Å². The number of carbonyl (C=O) groups excluding carboxylic acids is 1. The van der Waals surface area contributed by atoms with Gasteiger partial charge in [0.1, 0.15) is 11.2 Å². The first-order chi connectivity index (χ1) is 8.99. The summed E-state index contributed by atoms with van der Waals surface area (Å²) in [5, 5.41) is 0. The van der Waals surface area contributed by atoms with E-state index < -0.39 is 0 Å². The lowest BCUT2D eigenvalue weighted by Crippen LogP contribution is -2.36. The molecule has 102 valence electrons. The van der Waals surface area contributed by atoms with Crippen LogP contribution in [0.2, 0.25) is 0 Å². The van der Waals surface area contributed by atoms with Crippen molar-refractivity contribution in [1.82, 2.24) is 19.9 Å². The SMILES string of the molecule is CC(C)CC(C)N(C)C(=O)c1cc2nccnc2[nH]1. The minimum atomic E-state index is -0.0204. The highest BCUT2D eigenvalue weighted by atomic mass is 16.2. The van der Waals surface area contributed by atoms with Gasteiger partial charge in [-0.3, -0.25) is 9.78 Å². The van der Waals surface area contributed by atoms with Gasteiger partial charge in [0.05, 0.1) is 0 Å². The van der Waals surface area contributed by atoms with E-state index in [1.807, 2.05) is 7.05 Å². The lowest BCUT2D eigenvalue weighted by atomic mass is 10.0. The molecule has 1 N–H and O–H groups in total. The van der Waals surface area contributed by atoms with Crippen molar-refractivity contribution in [3.63, 3.8) is 0 Å². The Hall–Kier alpha value is -1.91. The summed E-state index contributed by atoms with van der Waals surface area (Å²) in [6, 6.07) is 1.96. The maximum atomic E-state index is 12.4. The Morgan fingerprint density at radius 1 is 1.32 bits per heavy atom. The van der Waals surface area contributed by atoms with E-state index in [1.165, 1.54) is 0 Å². The molecular weight excluding hydrogens is 240 g/mol. The highest BCUT2D eigenvalue weighted by molar-refractivity contribution is 5.96. The summed E-state index contributed by atoms with van der Waals surface area (Å²) in [5.74, 6) is 0.546. The number of H-pyrrole nitrogens is 1. The molecule has 0 aliphatic heterocycles. The van der Waals surface area contributed by atoms with Gasteiger partial charge in [0, 0.05) is 25.5 Å². The molecule has 0 saturated carbocycles. The molecule has 2 rings (SSSR count). The number of aromatic nitrogens is 3. The Labute approximate surface area is 113 Å². The van der Waals surface area contributed by atoms with E-state index in [-0.39, 0.29) is 11.9 Å². The van der Waals surface area contributed by atoms with Gasteiger partial charge in [0.2, 0.25) is 0 Å². The molecule has 0 radical (unpaired) electrons. The molecule has 0 saturated heterocycles. The second-order valence-corrected chi connectivity index (χ2v) is 5.37. The summed E-state index contributed by atoms with van der Waals surface area (Å²) < 4.78 is 0. The Kier molecular flexibility index (Phi) is 3.83. The minimum Gasteiger partial charge on any atom is -0.338 e. The van der Waals surface area contributed by atoms with Crippen LogP contribution in [-0.2, 0) is 0 Å². The predicted molar refractivity (Wildman–Crippen MR) is 74.9 cm³/mol. The lowest BCUT2D eigenvalue weighted by Gasteiger charge is -2.25. The Morgan fingerprint density at radius 2 is 2.00 bits per heavy atom. The summed E-state index contributed by atoms with van der Waals surface area (Å²) in [4.78, 5) is 25.5. The van der Waals surface area contributed by atoms with Crippen LogP contribution in [0, 0.1) is 5.92 Å². The van der Waals surface area contributed by atoms with Gasteiger partial charge in [0.15, 0.2) is 5.65 Å². The molecule has 2 aromatic heterocycles. The second kappa shape index (κ2) is 5.38. The molecule has 5 heteroatoms. The first-order valence-corrected chi connectivity index (χ1v) is 6.56. The summed E-state index contributed by atoms with van der Waals surface area (Å²) in [6.45, 7) is 6.38. The van der Waals surface area contributed by atoms with Gasteiger partial charge in [-0.25, -0.2) is 4.98 Å². The first-order valence-electron chi connectivity index (χ1n) is 6.56. The number of amides is 1. The fraction of sp³-hybridized carbons (Fsp3) is 0.500. The van der Waals surface area contributed by atoms with E-state index in [9.17, 15) is 4.79 Å². The Balaban J connectivity index is 2.18. The van der Waals surface area contributed by atoms with Crippen LogP contribution in [0.4, 0.5) is 0 Å². The largest absolute Gasteiger partial charge is 0.338 e. The molecule has 0 fully saturated rings. The number of fused-ring (bicyclic) bond motifs is 1. The van der Waals surface area contributed by atoms with Crippen LogP contribution in [-0.4, -0.2) is 38.8 Å². The van der Waals surface area contributed by atoms with E-state index in [2.05, 4.69) is 35.7 Å². The van der Waals surface area contributed by atoms with E-state index in [0.29, 0.717) is 17.3 Å². The zero-order chi connectivity index (χ0) is 14.0. The number of nitrogens with one attached hydrogen (secondary N) is 1. The Morgan fingerprint density at radius 3 is 2.63 bits per heavy atom. The van der Waals surface area contributed by atoms with E-state index >= 15 is 0 Å². The number of nitrogens with zero attached hydrogens (tertiary/aromatic N) is 3. The van der Waals surface area contributed by atoms with Crippen molar-refractivity contribution in [3.8, 4) is 0 Å². The summed E-state index contributed by atoms with van der Waals surface area (Å²) in [5.41, 5.74) is 1.91. The summed E-state index contributed by atoms with van der Waals surface area (Å²) in [6.07, 6.45) is 4.21. The van der Waals surface area contributed by atoms with Crippen molar-refractivity contribution in [2.45, 2.75) is 33.2 Å². The number of hydrogen-bond acceptors (Lipinski definition) is 3. The van der Waals surface area contributed by atoms with Gasteiger partial charge in [0.25, 0.3) is 5.91 Å². The normalized spacial score (nSPS) is 12.9. The summed E-state index contributed by atoms with van der Waals surface area (Å²) in [7, 11) is 1.84. The van der Waals surface area contributed by atoms with E-state index in [0.717, 1.165) is 11.9 Å². The van der Waals surface area contributed by atoms with Crippen LogP contribution >= 0.6 is 0 Å². The molecule has 1 amide bonds. The molecule has 2 heterocycles.